The number of hydrogen-bond acceptors (Lipinski definition) is 8. The van der Waals surface area contributed by atoms with Crippen molar-refractivity contribution in [1.82, 2.24) is 5.32 Å². The minimum absolute atomic E-state index is 0.165. The van der Waals surface area contributed by atoms with E-state index in [2.05, 4.69) is 31.3 Å². The molecule has 0 radical (unpaired) electrons. The third kappa shape index (κ3) is 61.7. The average molecular weight is 1330 g/mol. The van der Waals surface area contributed by atoms with Crippen LogP contribution in [0.1, 0.15) is 457 Å². The van der Waals surface area contributed by atoms with Gasteiger partial charge in [-0.3, -0.25) is 4.79 Å². The fraction of sp³-hybridized carbons (Fsp3) is 0.941. The van der Waals surface area contributed by atoms with E-state index in [-0.39, 0.29) is 12.5 Å². The molecule has 7 atom stereocenters. The van der Waals surface area contributed by atoms with Crippen molar-refractivity contribution >= 4 is 5.91 Å². The Labute approximate surface area is 585 Å². The summed E-state index contributed by atoms with van der Waals surface area (Å²) in [5.74, 6) is -0.165. The Morgan fingerprint density at radius 1 is 0.351 bits per heavy atom. The number of rotatable bonds is 77. The van der Waals surface area contributed by atoms with Gasteiger partial charge in [-0.15, -0.1) is 0 Å². The summed E-state index contributed by atoms with van der Waals surface area (Å²) in [5.41, 5.74) is 0. The maximum Gasteiger partial charge on any atom is 0.220 e. The number of aliphatic hydroxyl groups is 5. The fourth-order valence-corrected chi connectivity index (χ4v) is 14.2. The Hall–Kier alpha value is -1.33. The highest BCUT2D eigenvalue weighted by Gasteiger charge is 2.44. The number of carbonyl (C=O) groups excluding carboxylic acids is 1. The molecule has 1 fully saturated rings. The van der Waals surface area contributed by atoms with Gasteiger partial charge in [-0.05, 0) is 44.9 Å². The molecule has 7 unspecified atom stereocenters. The van der Waals surface area contributed by atoms with E-state index in [0.717, 1.165) is 38.5 Å². The molecular formula is C85H165NO8. The molecule has 1 heterocycles. The second-order valence-corrected chi connectivity index (χ2v) is 30.0. The number of carbonyl (C=O) groups is 1. The normalized spacial score (nSPS) is 17.5. The number of ether oxygens (including phenoxy) is 2. The van der Waals surface area contributed by atoms with Crippen LogP contribution in [0.2, 0.25) is 0 Å². The third-order valence-corrected chi connectivity index (χ3v) is 20.8. The van der Waals surface area contributed by atoms with Gasteiger partial charge in [0.1, 0.15) is 24.4 Å². The van der Waals surface area contributed by atoms with E-state index in [1.807, 2.05) is 6.08 Å². The Kier molecular flexibility index (Phi) is 71.7. The smallest absolute Gasteiger partial charge is 0.220 e. The number of amides is 1. The SMILES string of the molecule is CCCCCCCCCC/C=C\CCCCCCCCCCCCCCCCCCCCCCCCCCCCCC(=O)NC(COC1OC(CO)C(O)C(O)C1O)C(O)/C=C/CCCCCCCCCCCCCCCCCCCCCCCCCCCCCCCC. The summed E-state index contributed by atoms with van der Waals surface area (Å²) >= 11 is 0. The summed E-state index contributed by atoms with van der Waals surface area (Å²) in [4.78, 5) is 13.2. The number of unbranched alkanes of at least 4 members (excludes halogenated alkanes) is 65. The van der Waals surface area contributed by atoms with Crippen LogP contribution < -0.4 is 5.32 Å². The molecule has 0 saturated carbocycles. The monoisotopic (exact) mass is 1330 g/mol. The van der Waals surface area contributed by atoms with E-state index in [1.165, 1.54) is 398 Å². The topological polar surface area (TPSA) is 149 Å². The van der Waals surface area contributed by atoms with Crippen molar-refractivity contribution in [3.05, 3.63) is 24.3 Å². The summed E-state index contributed by atoms with van der Waals surface area (Å²) in [6, 6.07) is -0.804. The second kappa shape index (κ2) is 74.4. The molecule has 9 heteroatoms. The Morgan fingerprint density at radius 3 is 0.862 bits per heavy atom. The molecule has 0 aromatic heterocycles. The minimum atomic E-state index is -1.57. The molecule has 1 saturated heterocycles. The van der Waals surface area contributed by atoms with E-state index < -0.39 is 49.5 Å². The lowest BCUT2D eigenvalue weighted by Crippen LogP contribution is -2.60. The van der Waals surface area contributed by atoms with Gasteiger partial charge >= 0.3 is 0 Å². The lowest BCUT2D eigenvalue weighted by Gasteiger charge is -2.40. The van der Waals surface area contributed by atoms with Crippen LogP contribution in [0, 0.1) is 0 Å². The van der Waals surface area contributed by atoms with Gasteiger partial charge in [-0.1, -0.05) is 430 Å². The van der Waals surface area contributed by atoms with Crippen molar-refractivity contribution in [1.29, 1.82) is 0 Å². The van der Waals surface area contributed by atoms with Crippen molar-refractivity contribution in [3.8, 4) is 0 Å². The van der Waals surface area contributed by atoms with E-state index in [4.69, 9.17) is 9.47 Å². The largest absolute Gasteiger partial charge is 0.394 e. The van der Waals surface area contributed by atoms with Gasteiger partial charge in [0.2, 0.25) is 5.91 Å². The molecule has 0 aromatic rings. The lowest BCUT2D eigenvalue weighted by molar-refractivity contribution is -0.302. The molecule has 0 aliphatic carbocycles. The summed E-state index contributed by atoms with van der Waals surface area (Å²) in [7, 11) is 0. The van der Waals surface area contributed by atoms with Gasteiger partial charge in [-0.2, -0.15) is 0 Å². The standard InChI is InChI=1S/C85H165NO8/c1-3-5-7-9-11-13-15-17-19-21-23-25-27-29-31-33-35-37-38-39-40-41-42-43-45-47-49-51-53-55-57-59-61-63-65-67-69-71-73-75-81(89)86-78(77-93-85-84(92)83(91)82(90)80(76-87)94-85)79(88)74-72-70-68-66-64-62-60-58-56-54-52-50-48-46-44-36-34-32-30-28-26-24-22-20-18-16-14-12-10-8-6-4-2/h21,23,72,74,78-80,82-85,87-88,90-92H,3-20,22,24-71,73,75-77H2,1-2H3,(H,86,89)/b23-21-,74-72+. The molecule has 9 nitrogen and oxygen atoms in total. The van der Waals surface area contributed by atoms with Crippen molar-refractivity contribution in [2.45, 2.75) is 500 Å². The van der Waals surface area contributed by atoms with Crippen molar-refractivity contribution in [2.75, 3.05) is 13.2 Å². The Morgan fingerprint density at radius 2 is 0.596 bits per heavy atom. The van der Waals surface area contributed by atoms with Crippen LogP contribution in [0.3, 0.4) is 0 Å². The quantitative estimate of drug-likeness (QED) is 0.0261. The Balaban J connectivity index is 2.03. The van der Waals surface area contributed by atoms with Crippen LogP contribution in [-0.2, 0) is 14.3 Å². The first-order chi connectivity index (χ1) is 46.3. The van der Waals surface area contributed by atoms with Crippen molar-refractivity contribution in [3.63, 3.8) is 0 Å². The summed E-state index contributed by atoms with van der Waals surface area (Å²) in [6.45, 7) is 3.85. The van der Waals surface area contributed by atoms with Crippen LogP contribution in [0.5, 0.6) is 0 Å². The average Bonchev–Trinajstić information content (AvgIpc) is 0.829. The highest BCUT2D eigenvalue weighted by atomic mass is 16.7. The summed E-state index contributed by atoms with van der Waals surface area (Å²) in [6.07, 6.45) is 93.6. The molecule has 558 valence electrons. The summed E-state index contributed by atoms with van der Waals surface area (Å²) in [5, 5.41) is 55.0. The van der Waals surface area contributed by atoms with Gasteiger partial charge in [0.25, 0.3) is 0 Å². The van der Waals surface area contributed by atoms with E-state index in [1.54, 1.807) is 6.08 Å². The third-order valence-electron chi connectivity index (χ3n) is 20.8. The number of allylic oxidation sites excluding steroid dienone is 3. The maximum atomic E-state index is 13.2. The molecular weight excluding hydrogens is 1160 g/mol. The van der Waals surface area contributed by atoms with Gasteiger partial charge < -0.3 is 40.3 Å². The predicted molar refractivity (Wildman–Crippen MR) is 406 cm³/mol. The lowest BCUT2D eigenvalue weighted by atomic mass is 9.99. The molecule has 0 spiro atoms. The van der Waals surface area contributed by atoms with E-state index in [9.17, 15) is 30.3 Å². The Bertz CT molecular complexity index is 1540. The highest BCUT2D eigenvalue weighted by Crippen LogP contribution is 2.24. The van der Waals surface area contributed by atoms with Crippen LogP contribution in [0.25, 0.3) is 0 Å². The van der Waals surface area contributed by atoms with Crippen LogP contribution >= 0.6 is 0 Å². The van der Waals surface area contributed by atoms with Gasteiger partial charge in [0.15, 0.2) is 6.29 Å². The van der Waals surface area contributed by atoms with Gasteiger partial charge in [0, 0.05) is 6.42 Å². The number of aliphatic hydroxyl groups excluding tert-OH is 5. The number of hydrogen-bond donors (Lipinski definition) is 6. The minimum Gasteiger partial charge on any atom is -0.394 e. The van der Waals surface area contributed by atoms with Crippen LogP contribution in [0.4, 0.5) is 0 Å². The zero-order valence-electron chi connectivity index (χ0n) is 63.0. The molecule has 94 heavy (non-hydrogen) atoms. The molecule has 6 N–H and O–H groups in total. The van der Waals surface area contributed by atoms with E-state index in [0.29, 0.717) is 6.42 Å². The molecule has 0 aromatic carbocycles. The van der Waals surface area contributed by atoms with E-state index >= 15 is 0 Å². The fourth-order valence-electron chi connectivity index (χ4n) is 14.2. The second-order valence-electron chi connectivity index (χ2n) is 30.0. The predicted octanol–water partition coefficient (Wildman–Crippen LogP) is 24.7. The van der Waals surface area contributed by atoms with Gasteiger partial charge in [-0.25, -0.2) is 0 Å². The maximum absolute atomic E-state index is 13.2. The molecule has 1 aliphatic rings. The van der Waals surface area contributed by atoms with Crippen LogP contribution in [-0.4, -0.2) is 87.5 Å². The van der Waals surface area contributed by atoms with Gasteiger partial charge in [0.05, 0.1) is 25.4 Å². The summed E-state index contributed by atoms with van der Waals surface area (Å²) < 4.78 is 11.4. The highest BCUT2D eigenvalue weighted by molar-refractivity contribution is 5.76. The molecule has 0 bridgehead atoms. The zero-order valence-corrected chi connectivity index (χ0v) is 63.0. The zero-order chi connectivity index (χ0) is 67.8. The van der Waals surface area contributed by atoms with Crippen molar-refractivity contribution < 1.29 is 39.8 Å². The first-order valence-corrected chi connectivity index (χ1v) is 42.6. The van der Waals surface area contributed by atoms with Crippen molar-refractivity contribution in [2.24, 2.45) is 0 Å². The van der Waals surface area contributed by atoms with Crippen LogP contribution in [0.15, 0.2) is 24.3 Å². The number of nitrogens with one attached hydrogen (secondary N) is 1. The molecule has 1 amide bonds. The first kappa shape index (κ1) is 90.7. The molecule has 1 aliphatic heterocycles. The molecule has 1 rings (SSSR count). The first-order valence-electron chi connectivity index (χ1n) is 42.6.